The van der Waals surface area contributed by atoms with Crippen LogP contribution in [0, 0.1) is 23.2 Å². The average Bonchev–Trinajstić information content (AvgIpc) is 3.57. The first-order valence-corrected chi connectivity index (χ1v) is 16.3. The molecule has 0 bridgehead atoms. The smallest absolute Gasteiger partial charge is 0.195 e. The van der Waals surface area contributed by atoms with E-state index < -0.39 is 6.10 Å². The van der Waals surface area contributed by atoms with Crippen LogP contribution in [0.3, 0.4) is 0 Å². The number of rotatable bonds is 13. The van der Waals surface area contributed by atoms with Gasteiger partial charge in [0.15, 0.2) is 11.9 Å². The van der Waals surface area contributed by atoms with Crippen molar-refractivity contribution in [1.82, 2.24) is 19.6 Å². The Kier molecular flexibility index (Phi) is 10.8. The largest absolute Gasteiger partial charge is 0.391 e. The lowest BCUT2D eigenvalue weighted by Gasteiger charge is -2.43. The van der Waals surface area contributed by atoms with Crippen LogP contribution in [0.2, 0.25) is 0 Å². The number of aliphatic hydroxyl groups is 1. The van der Waals surface area contributed by atoms with Gasteiger partial charge in [0.1, 0.15) is 0 Å². The van der Waals surface area contributed by atoms with E-state index in [1.54, 1.807) is 0 Å². The van der Waals surface area contributed by atoms with E-state index in [-0.39, 0.29) is 12.2 Å². The van der Waals surface area contributed by atoms with Crippen LogP contribution in [-0.2, 0) is 0 Å². The third kappa shape index (κ3) is 7.60. The molecule has 4 aliphatic rings. The molecular weight excluding hydrogens is 486 g/mol. The van der Waals surface area contributed by atoms with E-state index in [1.807, 2.05) is 6.92 Å². The molecule has 0 aromatic heterocycles. The molecule has 2 saturated heterocycles. The first kappa shape index (κ1) is 30.4. The van der Waals surface area contributed by atoms with Crippen molar-refractivity contribution in [3.8, 4) is 0 Å². The Labute approximate surface area is 238 Å². The van der Waals surface area contributed by atoms with Gasteiger partial charge in [0.2, 0.25) is 0 Å². The predicted octanol–water partition coefficient (Wildman–Crippen LogP) is 4.53. The van der Waals surface area contributed by atoms with Crippen LogP contribution < -0.4 is 5.73 Å². The van der Waals surface area contributed by atoms with Crippen molar-refractivity contribution in [3.05, 3.63) is 0 Å². The van der Waals surface area contributed by atoms with E-state index >= 15 is 0 Å². The van der Waals surface area contributed by atoms with E-state index in [9.17, 15) is 10.5 Å². The highest BCUT2D eigenvalue weighted by Crippen LogP contribution is 2.35. The molecule has 0 radical (unpaired) electrons. The molecule has 3 aliphatic heterocycles. The molecule has 8 heteroatoms. The highest BCUT2D eigenvalue weighted by Gasteiger charge is 2.45. The van der Waals surface area contributed by atoms with Gasteiger partial charge in [0.25, 0.3) is 0 Å². The molecular formula is C31H59N7O. The number of nitrogens with zero attached hydrogens (tertiary/aromatic N) is 5. The zero-order valence-electron chi connectivity index (χ0n) is 25.7. The molecule has 0 aromatic carbocycles. The number of nitrogens with two attached hydrogens (primary N) is 1. The molecule has 1 aliphatic carbocycles. The van der Waals surface area contributed by atoms with Crippen LogP contribution in [0.4, 0.5) is 0 Å². The molecule has 0 amide bonds. The van der Waals surface area contributed by atoms with Crippen LogP contribution in [0.25, 0.3) is 0 Å². The first-order chi connectivity index (χ1) is 18.7. The molecule has 4 N–H and O–H groups in total. The summed E-state index contributed by atoms with van der Waals surface area (Å²) in [6.45, 7) is 15.5. The topological polar surface area (TPSA) is 95.4 Å². The van der Waals surface area contributed by atoms with Gasteiger partial charge in [-0.25, -0.2) is 0 Å². The maximum absolute atomic E-state index is 10.8. The Morgan fingerprint density at radius 2 is 1.69 bits per heavy atom. The number of guanidine groups is 2. The fourth-order valence-corrected chi connectivity index (χ4v) is 7.73. The SMILES string of the molecule is CC(C)CCCN1C(=N)N([C@H](CC2CCCCC2)N2CCC[C@H]2CN2C(N)=NC[C@H]2CC(C)C)C[C@H]1[C@@H](C)O. The number of aliphatic imine (C=N–C) groups is 1. The molecule has 39 heavy (non-hydrogen) atoms. The summed E-state index contributed by atoms with van der Waals surface area (Å²) < 4.78 is 0. The van der Waals surface area contributed by atoms with Gasteiger partial charge in [-0.3, -0.25) is 15.3 Å². The number of hydrogen-bond acceptors (Lipinski definition) is 6. The molecule has 3 heterocycles. The summed E-state index contributed by atoms with van der Waals surface area (Å²) in [7, 11) is 0. The summed E-state index contributed by atoms with van der Waals surface area (Å²) in [5.74, 6) is 3.37. The molecule has 1 saturated carbocycles. The molecule has 0 unspecified atom stereocenters. The number of nitrogens with one attached hydrogen (secondary N) is 1. The Morgan fingerprint density at radius 3 is 2.36 bits per heavy atom. The second-order valence-corrected chi connectivity index (χ2v) is 13.9. The van der Waals surface area contributed by atoms with Crippen molar-refractivity contribution in [2.24, 2.45) is 28.5 Å². The highest BCUT2D eigenvalue weighted by molar-refractivity contribution is 5.80. The predicted molar refractivity (Wildman–Crippen MR) is 162 cm³/mol. The maximum atomic E-state index is 10.8. The zero-order valence-corrected chi connectivity index (χ0v) is 25.7. The van der Waals surface area contributed by atoms with Crippen LogP contribution >= 0.6 is 0 Å². The second kappa shape index (κ2) is 13.9. The molecule has 0 spiro atoms. The normalized spacial score (nSPS) is 28.8. The summed E-state index contributed by atoms with van der Waals surface area (Å²) in [6, 6.07) is 0.828. The van der Waals surface area contributed by atoms with Crippen molar-refractivity contribution in [1.29, 1.82) is 5.41 Å². The summed E-state index contributed by atoms with van der Waals surface area (Å²) >= 11 is 0. The van der Waals surface area contributed by atoms with Crippen LogP contribution in [0.5, 0.6) is 0 Å². The van der Waals surface area contributed by atoms with Gasteiger partial charge in [0, 0.05) is 32.2 Å². The second-order valence-electron chi connectivity index (χ2n) is 13.9. The third-order valence-electron chi connectivity index (χ3n) is 9.85. The van der Waals surface area contributed by atoms with Crippen molar-refractivity contribution in [2.75, 3.05) is 32.7 Å². The maximum Gasteiger partial charge on any atom is 0.195 e. The first-order valence-electron chi connectivity index (χ1n) is 16.3. The fraction of sp³-hybridized carbons (Fsp3) is 0.935. The third-order valence-corrected chi connectivity index (χ3v) is 9.85. The van der Waals surface area contributed by atoms with E-state index in [0.29, 0.717) is 29.9 Å². The Hall–Kier alpha value is -1.54. The Morgan fingerprint density at radius 1 is 0.949 bits per heavy atom. The Bertz CT molecular complexity index is 809. The number of aliphatic hydroxyl groups excluding tert-OH is 1. The van der Waals surface area contributed by atoms with E-state index in [0.717, 1.165) is 70.3 Å². The van der Waals surface area contributed by atoms with Gasteiger partial charge < -0.3 is 25.5 Å². The standard InChI is InChI=1S/C31H59N7O/c1-22(2)11-9-16-36-28(24(5)39)21-38(31(36)33)29(18-25-12-7-6-8-13-25)35-15-10-14-26(35)20-37-27(17-23(3)4)19-34-30(37)32/h22-29,33,39H,6-21H2,1-5H3,(H2,32,34)/t24-,26+,27-,28+,29-/m1/s1. The van der Waals surface area contributed by atoms with E-state index in [2.05, 4.69) is 52.3 Å². The lowest BCUT2D eigenvalue weighted by Crippen LogP contribution is -2.56. The van der Waals surface area contributed by atoms with Crippen LogP contribution in [0.15, 0.2) is 4.99 Å². The summed E-state index contributed by atoms with van der Waals surface area (Å²) in [5, 5.41) is 20.2. The molecule has 5 atom stereocenters. The van der Waals surface area contributed by atoms with Crippen molar-refractivity contribution < 1.29 is 5.11 Å². The minimum Gasteiger partial charge on any atom is -0.391 e. The summed E-state index contributed by atoms with van der Waals surface area (Å²) in [4.78, 5) is 14.4. The van der Waals surface area contributed by atoms with Gasteiger partial charge in [0.05, 0.1) is 30.9 Å². The van der Waals surface area contributed by atoms with E-state index in [1.165, 1.54) is 44.9 Å². The van der Waals surface area contributed by atoms with Crippen molar-refractivity contribution in [3.63, 3.8) is 0 Å². The van der Waals surface area contributed by atoms with Crippen molar-refractivity contribution >= 4 is 11.9 Å². The molecule has 4 rings (SSSR count). The van der Waals surface area contributed by atoms with E-state index in [4.69, 9.17) is 5.73 Å². The average molecular weight is 546 g/mol. The molecule has 3 fully saturated rings. The fourth-order valence-electron chi connectivity index (χ4n) is 7.73. The lowest BCUT2D eigenvalue weighted by atomic mass is 9.85. The lowest BCUT2D eigenvalue weighted by molar-refractivity contribution is 0.0410. The Balaban J connectivity index is 1.54. The van der Waals surface area contributed by atoms with Gasteiger partial charge in [-0.1, -0.05) is 59.8 Å². The van der Waals surface area contributed by atoms with Gasteiger partial charge in [-0.15, -0.1) is 0 Å². The minimum absolute atomic E-state index is 0.00338. The molecule has 224 valence electrons. The quantitative estimate of drug-likeness (QED) is 0.315. The molecule has 8 nitrogen and oxygen atoms in total. The monoisotopic (exact) mass is 545 g/mol. The summed E-state index contributed by atoms with van der Waals surface area (Å²) in [5.41, 5.74) is 6.45. The zero-order chi connectivity index (χ0) is 28.1. The summed E-state index contributed by atoms with van der Waals surface area (Å²) in [6.07, 6.45) is 13.3. The highest BCUT2D eigenvalue weighted by atomic mass is 16.3. The van der Waals surface area contributed by atoms with Gasteiger partial charge in [-0.05, 0) is 63.2 Å². The van der Waals surface area contributed by atoms with Crippen molar-refractivity contribution in [2.45, 2.75) is 136 Å². The van der Waals surface area contributed by atoms with Gasteiger partial charge >= 0.3 is 0 Å². The van der Waals surface area contributed by atoms with Crippen LogP contribution in [-0.4, -0.2) is 99.7 Å². The van der Waals surface area contributed by atoms with Gasteiger partial charge in [-0.2, -0.15) is 0 Å². The number of likely N-dealkylation sites (tertiary alicyclic amines) is 1. The number of hydrogen-bond donors (Lipinski definition) is 3. The van der Waals surface area contributed by atoms with Crippen LogP contribution in [0.1, 0.15) is 105 Å². The minimum atomic E-state index is -0.448. The molecule has 0 aromatic rings.